The molecule has 2 nitrogen and oxygen atoms in total. The molecule has 0 radical (unpaired) electrons. The summed E-state index contributed by atoms with van der Waals surface area (Å²) in [5.74, 6) is 0.306. The van der Waals surface area contributed by atoms with Crippen molar-refractivity contribution < 1.29 is 4.79 Å². The zero-order chi connectivity index (χ0) is 11.3. The molecule has 1 aromatic rings. The lowest BCUT2D eigenvalue weighted by molar-refractivity contribution is -0.121. The molecule has 0 aliphatic rings. The van der Waals surface area contributed by atoms with E-state index in [1.807, 2.05) is 32.2 Å². The summed E-state index contributed by atoms with van der Waals surface area (Å²) in [6.07, 6.45) is 0.901. The fourth-order valence-electron chi connectivity index (χ4n) is 1.68. The summed E-state index contributed by atoms with van der Waals surface area (Å²) in [4.78, 5) is 11.3. The molecular formula is C13H19NO. The molecule has 82 valence electrons. The predicted octanol–water partition coefficient (Wildman–Crippen LogP) is 2.04. The average Bonchev–Trinajstić information content (AvgIpc) is 2.26. The number of likely N-dealkylation sites (N-methyl/N-ethyl adjacent to an activating group) is 1. The number of carbonyl (C=O) groups is 1. The first-order chi connectivity index (χ1) is 7.15. The maximum absolute atomic E-state index is 11.3. The van der Waals surface area contributed by atoms with Crippen molar-refractivity contribution in [1.29, 1.82) is 0 Å². The van der Waals surface area contributed by atoms with Gasteiger partial charge >= 0.3 is 0 Å². The highest BCUT2D eigenvalue weighted by atomic mass is 16.1. The van der Waals surface area contributed by atoms with Crippen molar-refractivity contribution in [3.8, 4) is 0 Å². The Morgan fingerprint density at radius 1 is 1.33 bits per heavy atom. The SMILES string of the molecule is CNC(Cc1ccccc1)C(C)C(C)=O. The van der Waals surface area contributed by atoms with Crippen molar-refractivity contribution in [2.24, 2.45) is 5.92 Å². The second-order valence-corrected chi connectivity index (χ2v) is 3.98. The minimum Gasteiger partial charge on any atom is -0.316 e. The van der Waals surface area contributed by atoms with Crippen LogP contribution in [0, 0.1) is 5.92 Å². The molecule has 1 rings (SSSR count). The summed E-state index contributed by atoms with van der Waals surface area (Å²) in [6.45, 7) is 3.63. The minimum atomic E-state index is 0.0650. The molecule has 0 heterocycles. The predicted molar refractivity (Wildman–Crippen MR) is 62.8 cm³/mol. The largest absolute Gasteiger partial charge is 0.316 e. The molecule has 0 spiro atoms. The van der Waals surface area contributed by atoms with Gasteiger partial charge in [0.25, 0.3) is 0 Å². The number of rotatable bonds is 5. The van der Waals surface area contributed by atoms with Gasteiger partial charge < -0.3 is 5.32 Å². The van der Waals surface area contributed by atoms with Crippen LogP contribution in [0.4, 0.5) is 0 Å². The van der Waals surface area contributed by atoms with Crippen molar-refractivity contribution in [2.45, 2.75) is 26.3 Å². The van der Waals surface area contributed by atoms with Crippen LogP contribution < -0.4 is 5.32 Å². The zero-order valence-corrected chi connectivity index (χ0v) is 9.66. The smallest absolute Gasteiger partial charge is 0.134 e. The van der Waals surface area contributed by atoms with E-state index in [-0.39, 0.29) is 17.7 Å². The Morgan fingerprint density at radius 2 is 1.93 bits per heavy atom. The molecule has 1 aromatic carbocycles. The Labute approximate surface area is 91.7 Å². The van der Waals surface area contributed by atoms with Crippen molar-refractivity contribution >= 4 is 5.78 Å². The molecule has 0 bridgehead atoms. The highest BCUT2D eigenvalue weighted by molar-refractivity contribution is 5.78. The Balaban J connectivity index is 2.66. The van der Waals surface area contributed by atoms with Crippen LogP contribution in [0.1, 0.15) is 19.4 Å². The maximum atomic E-state index is 11.3. The number of carbonyl (C=O) groups excluding carboxylic acids is 1. The second kappa shape index (κ2) is 5.66. The van der Waals surface area contributed by atoms with E-state index in [1.54, 1.807) is 6.92 Å². The first-order valence-electron chi connectivity index (χ1n) is 5.36. The lowest BCUT2D eigenvalue weighted by Crippen LogP contribution is -2.37. The third-order valence-corrected chi connectivity index (χ3v) is 2.91. The van der Waals surface area contributed by atoms with Gasteiger partial charge in [0.15, 0.2) is 0 Å². The summed E-state index contributed by atoms with van der Waals surface area (Å²) < 4.78 is 0. The number of hydrogen-bond donors (Lipinski definition) is 1. The Bertz CT molecular complexity index is 308. The second-order valence-electron chi connectivity index (χ2n) is 3.98. The van der Waals surface area contributed by atoms with Crippen molar-refractivity contribution in [1.82, 2.24) is 5.32 Å². The van der Waals surface area contributed by atoms with Crippen LogP contribution in [0.2, 0.25) is 0 Å². The summed E-state index contributed by atoms with van der Waals surface area (Å²) in [5, 5.41) is 3.21. The lowest BCUT2D eigenvalue weighted by Gasteiger charge is -2.21. The van der Waals surface area contributed by atoms with Gasteiger partial charge in [0.05, 0.1) is 0 Å². The van der Waals surface area contributed by atoms with Gasteiger partial charge in [-0.2, -0.15) is 0 Å². The molecule has 15 heavy (non-hydrogen) atoms. The molecule has 0 saturated heterocycles. The fourth-order valence-corrected chi connectivity index (χ4v) is 1.68. The number of Topliss-reactive ketones (excluding diaryl/α,β-unsaturated/α-hetero) is 1. The molecule has 0 fully saturated rings. The van der Waals surface area contributed by atoms with Crippen LogP contribution in [-0.2, 0) is 11.2 Å². The molecule has 2 atom stereocenters. The quantitative estimate of drug-likeness (QED) is 0.797. The highest BCUT2D eigenvalue weighted by Crippen LogP contribution is 2.11. The molecular weight excluding hydrogens is 186 g/mol. The van der Waals surface area contributed by atoms with Crippen molar-refractivity contribution in [2.75, 3.05) is 7.05 Å². The van der Waals surface area contributed by atoms with Crippen LogP contribution in [0.25, 0.3) is 0 Å². The maximum Gasteiger partial charge on any atom is 0.134 e. The molecule has 2 heteroatoms. The monoisotopic (exact) mass is 205 g/mol. The van der Waals surface area contributed by atoms with Crippen molar-refractivity contribution in [3.63, 3.8) is 0 Å². The van der Waals surface area contributed by atoms with Gasteiger partial charge in [0.1, 0.15) is 5.78 Å². The molecule has 0 aromatic heterocycles. The number of nitrogens with one attached hydrogen (secondary N) is 1. The summed E-state index contributed by atoms with van der Waals surface area (Å²) in [6, 6.07) is 10.5. The molecule has 0 aliphatic carbocycles. The highest BCUT2D eigenvalue weighted by Gasteiger charge is 2.19. The van der Waals surface area contributed by atoms with E-state index in [4.69, 9.17) is 0 Å². The molecule has 2 unspecified atom stereocenters. The van der Waals surface area contributed by atoms with Gasteiger partial charge in [0, 0.05) is 12.0 Å². The normalized spacial score (nSPS) is 14.6. The summed E-state index contributed by atoms with van der Waals surface area (Å²) in [5.41, 5.74) is 1.27. The van der Waals surface area contributed by atoms with E-state index in [2.05, 4.69) is 17.4 Å². The first kappa shape index (κ1) is 11.9. The van der Waals surface area contributed by atoms with Gasteiger partial charge in [-0.3, -0.25) is 4.79 Å². The third kappa shape index (κ3) is 3.48. The van der Waals surface area contributed by atoms with Gasteiger partial charge in [-0.05, 0) is 26.0 Å². The van der Waals surface area contributed by atoms with Crippen LogP contribution in [-0.4, -0.2) is 18.9 Å². The summed E-state index contributed by atoms with van der Waals surface area (Å²) >= 11 is 0. The van der Waals surface area contributed by atoms with Crippen LogP contribution in [0.3, 0.4) is 0 Å². The Kier molecular flexibility index (Phi) is 4.50. The van der Waals surface area contributed by atoms with Crippen LogP contribution in [0.5, 0.6) is 0 Å². The molecule has 1 N–H and O–H groups in total. The van der Waals surface area contributed by atoms with Crippen LogP contribution >= 0.6 is 0 Å². The van der Waals surface area contributed by atoms with Gasteiger partial charge in [-0.25, -0.2) is 0 Å². The van der Waals surface area contributed by atoms with E-state index in [9.17, 15) is 4.79 Å². The van der Waals surface area contributed by atoms with E-state index in [0.717, 1.165) is 6.42 Å². The Morgan fingerprint density at radius 3 is 2.40 bits per heavy atom. The molecule has 0 amide bonds. The third-order valence-electron chi connectivity index (χ3n) is 2.91. The van der Waals surface area contributed by atoms with E-state index >= 15 is 0 Å². The van der Waals surface area contributed by atoms with Gasteiger partial charge in [0.2, 0.25) is 0 Å². The first-order valence-corrected chi connectivity index (χ1v) is 5.36. The summed E-state index contributed by atoms with van der Waals surface area (Å²) in [7, 11) is 1.91. The minimum absolute atomic E-state index is 0.0650. The fraction of sp³-hybridized carbons (Fsp3) is 0.462. The standard InChI is InChI=1S/C13H19NO/c1-10(11(2)15)13(14-3)9-12-7-5-4-6-8-12/h4-8,10,13-14H,9H2,1-3H3. The van der Waals surface area contributed by atoms with Gasteiger partial charge in [-0.1, -0.05) is 37.3 Å². The van der Waals surface area contributed by atoms with Crippen LogP contribution in [0.15, 0.2) is 30.3 Å². The molecule has 0 aliphatic heterocycles. The topological polar surface area (TPSA) is 29.1 Å². The van der Waals surface area contributed by atoms with Crippen molar-refractivity contribution in [3.05, 3.63) is 35.9 Å². The average molecular weight is 205 g/mol. The number of hydrogen-bond acceptors (Lipinski definition) is 2. The van der Waals surface area contributed by atoms with E-state index in [0.29, 0.717) is 0 Å². The lowest BCUT2D eigenvalue weighted by atomic mass is 9.92. The molecule has 0 saturated carbocycles. The van der Waals surface area contributed by atoms with Gasteiger partial charge in [-0.15, -0.1) is 0 Å². The van der Waals surface area contributed by atoms with E-state index < -0.39 is 0 Å². The van der Waals surface area contributed by atoms with E-state index in [1.165, 1.54) is 5.56 Å². The Hall–Kier alpha value is -1.15. The number of ketones is 1. The zero-order valence-electron chi connectivity index (χ0n) is 9.66. The number of benzene rings is 1.